The highest BCUT2D eigenvalue weighted by Crippen LogP contribution is 2.40. The number of likely N-dealkylation sites (N-methyl/N-ethyl adjacent to an activating group) is 1. The van der Waals surface area contributed by atoms with E-state index >= 15 is 0 Å². The minimum Gasteiger partial charge on any atom is -0.493 e. The molecule has 1 fully saturated rings. The first-order valence-electron chi connectivity index (χ1n) is 10.4. The van der Waals surface area contributed by atoms with Crippen LogP contribution in [0.5, 0.6) is 11.5 Å². The number of nitrogens with zero attached hydrogens (tertiary/aromatic N) is 2. The van der Waals surface area contributed by atoms with Gasteiger partial charge in [-0.25, -0.2) is 0 Å². The largest absolute Gasteiger partial charge is 0.493 e. The molecule has 152 valence electrons. The number of benzene rings is 2. The van der Waals surface area contributed by atoms with Gasteiger partial charge in [-0.3, -0.25) is 4.79 Å². The summed E-state index contributed by atoms with van der Waals surface area (Å²) < 4.78 is 11.6. The average Bonchev–Trinajstić information content (AvgIpc) is 3.38. The molecule has 0 atom stereocenters. The number of rotatable bonds is 4. The molecular weight excluding hydrogens is 366 g/mol. The van der Waals surface area contributed by atoms with Gasteiger partial charge in [0.15, 0.2) is 0 Å². The van der Waals surface area contributed by atoms with Gasteiger partial charge in [0, 0.05) is 67.1 Å². The van der Waals surface area contributed by atoms with Gasteiger partial charge in [0.1, 0.15) is 11.5 Å². The number of hydrogen-bond donors (Lipinski definition) is 1. The molecule has 0 aromatic heterocycles. The molecule has 3 aliphatic heterocycles. The smallest absolute Gasteiger partial charge is 0.228 e. The van der Waals surface area contributed by atoms with Crippen molar-refractivity contribution in [2.75, 3.05) is 56.7 Å². The Morgan fingerprint density at radius 2 is 1.79 bits per heavy atom. The molecule has 1 N–H and O–H groups in total. The standard InChI is InChI=1S/C23H27N3O3/c1-25-8-10-26(11-9-25)18-4-2-17(3-5-18)24-22(27)15-20-19-7-13-28-21(19)14-16-6-12-29-23(16)20/h2-5,14H,6-13,15H2,1H3,(H,24,27). The van der Waals surface area contributed by atoms with Crippen LogP contribution in [-0.4, -0.2) is 57.2 Å². The van der Waals surface area contributed by atoms with Gasteiger partial charge in [0.25, 0.3) is 0 Å². The monoisotopic (exact) mass is 393 g/mol. The predicted molar refractivity (Wildman–Crippen MR) is 113 cm³/mol. The molecule has 0 radical (unpaired) electrons. The summed E-state index contributed by atoms with van der Waals surface area (Å²) in [5.74, 6) is 1.80. The fourth-order valence-corrected chi connectivity index (χ4v) is 4.46. The molecule has 3 aliphatic rings. The molecule has 6 nitrogen and oxygen atoms in total. The molecule has 0 saturated carbocycles. The Balaban J connectivity index is 1.27. The first kappa shape index (κ1) is 18.3. The van der Waals surface area contributed by atoms with Crippen molar-refractivity contribution in [3.63, 3.8) is 0 Å². The maximum Gasteiger partial charge on any atom is 0.228 e. The Bertz CT molecular complexity index is 886. The molecule has 2 aromatic carbocycles. The van der Waals surface area contributed by atoms with E-state index in [1.807, 2.05) is 12.1 Å². The molecule has 29 heavy (non-hydrogen) atoms. The summed E-state index contributed by atoms with van der Waals surface area (Å²) in [5, 5.41) is 3.05. The van der Waals surface area contributed by atoms with Gasteiger partial charge in [-0.2, -0.15) is 0 Å². The summed E-state index contributed by atoms with van der Waals surface area (Å²) in [4.78, 5) is 17.5. The number of anilines is 2. The molecule has 2 aromatic rings. The van der Waals surface area contributed by atoms with Crippen molar-refractivity contribution in [3.8, 4) is 11.5 Å². The van der Waals surface area contributed by atoms with Crippen molar-refractivity contribution in [3.05, 3.63) is 47.0 Å². The van der Waals surface area contributed by atoms with E-state index in [0.29, 0.717) is 19.6 Å². The van der Waals surface area contributed by atoms with Crippen LogP contribution in [0.4, 0.5) is 11.4 Å². The van der Waals surface area contributed by atoms with E-state index in [1.54, 1.807) is 0 Å². The van der Waals surface area contributed by atoms with Crippen LogP contribution in [0.1, 0.15) is 16.7 Å². The Morgan fingerprint density at radius 1 is 1.03 bits per heavy atom. The Hall–Kier alpha value is -2.73. The maximum atomic E-state index is 12.8. The lowest BCUT2D eigenvalue weighted by Gasteiger charge is -2.34. The Kier molecular flexibility index (Phi) is 4.79. The van der Waals surface area contributed by atoms with Crippen molar-refractivity contribution >= 4 is 17.3 Å². The minimum absolute atomic E-state index is 0.0182. The number of carbonyl (C=O) groups is 1. The van der Waals surface area contributed by atoms with E-state index in [4.69, 9.17) is 9.47 Å². The van der Waals surface area contributed by atoms with Crippen molar-refractivity contribution in [1.82, 2.24) is 4.90 Å². The van der Waals surface area contributed by atoms with Gasteiger partial charge < -0.3 is 24.6 Å². The van der Waals surface area contributed by atoms with E-state index in [1.165, 1.54) is 5.69 Å². The highest BCUT2D eigenvalue weighted by Gasteiger charge is 2.27. The van der Waals surface area contributed by atoms with Crippen LogP contribution in [0.3, 0.4) is 0 Å². The quantitative estimate of drug-likeness (QED) is 0.865. The van der Waals surface area contributed by atoms with Crippen molar-refractivity contribution in [2.45, 2.75) is 19.3 Å². The summed E-state index contributed by atoms with van der Waals surface area (Å²) in [6.07, 6.45) is 2.04. The summed E-state index contributed by atoms with van der Waals surface area (Å²) in [5.41, 5.74) is 5.32. The lowest BCUT2D eigenvalue weighted by molar-refractivity contribution is -0.115. The summed E-state index contributed by atoms with van der Waals surface area (Å²) >= 11 is 0. The van der Waals surface area contributed by atoms with Gasteiger partial charge in [-0.1, -0.05) is 0 Å². The third-order valence-corrected chi connectivity index (χ3v) is 6.12. The van der Waals surface area contributed by atoms with Gasteiger partial charge in [-0.05, 0) is 37.4 Å². The molecule has 0 spiro atoms. The fourth-order valence-electron chi connectivity index (χ4n) is 4.46. The van der Waals surface area contributed by atoms with E-state index < -0.39 is 0 Å². The number of hydrogen-bond acceptors (Lipinski definition) is 5. The number of carbonyl (C=O) groups excluding carboxylic acids is 1. The molecule has 6 heteroatoms. The van der Waals surface area contributed by atoms with E-state index in [9.17, 15) is 4.79 Å². The lowest BCUT2D eigenvalue weighted by atomic mass is 9.97. The number of fused-ring (bicyclic) bond motifs is 2. The zero-order valence-corrected chi connectivity index (χ0v) is 16.9. The third kappa shape index (κ3) is 3.65. The minimum atomic E-state index is -0.0182. The molecule has 0 bridgehead atoms. The topological polar surface area (TPSA) is 54.0 Å². The molecule has 5 rings (SSSR count). The van der Waals surface area contributed by atoms with Crippen molar-refractivity contribution in [1.29, 1.82) is 0 Å². The average molecular weight is 393 g/mol. The van der Waals surface area contributed by atoms with Crippen molar-refractivity contribution < 1.29 is 14.3 Å². The Labute approximate surface area is 171 Å². The zero-order chi connectivity index (χ0) is 19.8. The van der Waals surface area contributed by atoms with Crippen LogP contribution in [0, 0.1) is 0 Å². The van der Waals surface area contributed by atoms with Gasteiger partial charge in [0.05, 0.1) is 19.6 Å². The number of nitrogens with one attached hydrogen (secondary N) is 1. The van der Waals surface area contributed by atoms with Gasteiger partial charge in [0.2, 0.25) is 5.91 Å². The second-order valence-electron chi connectivity index (χ2n) is 8.08. The van der Waals surface area contributed by atoms with Crippen LogP contribution in [0.15, 0.2) is 30.3 Å². The molecule has 1 saturated heterocycles. The normalized spacial score (nSPS) is 18.0. The van der Waals surface area contributed by atoms with E-state index in [-0.39, 0.29) is 5.91 Å². The zero-order valence-electron chi connectivity index (χ0n) is 16.9. The third-order valence-electron chi connectivity index (χ3n) is 6.12. The molecule has 3 heterocycles. The highest BCUT2D eigenvalue weighted by atomic mass is 16.5. The Morgan fingerprint density at radius 3 is 2.59 bits per heavy atom. The second kappa shape index (κ2) is 7.59. The second-order valence-corrected chi connectivity index (χ2v) is 8.08. The summed E-state index contributed by atoms with van der Waals surface area (Å²) in [7, 11) is 2.16. The van der Waals surface area contributed by atoms with Gasteiger partial charge >= 0.3 is 0 Å². The highest BCUT2D eigenvalue weighted by molar-refractivity contribution is 5.93. The van der Waals surface area contributed by atoms with E-state index in [0.717, 1.165) is 72.9 Å². The van der Waals surface area contributed by atoms with Crippen LogP contribution in [0.2, 0.25) is 0 Å². The van der Waals surface area contributed by atoms with Crippen LogP contribution < -0.4 is 19.7 Å². The van der Waals surface area contributed by atoms with Crippen LogP contribution in [0.25, 0.3) is 0 Å². The molecule has 1 amide bonds. The van der Waals surface area contributed by atoms with Crippen LogP contribution in [-0.2, 0) is 24.1 Å². The van der Waals surface area contributed by atoms with Gasteiger partial charge in [-0.15, -0.1) is 0 Å². The van der Waals surface area contributed by atoms with Crippen molar-refractivity contribution in [2.24, 2.45) is 0 Å². The summed E-state index contributed by atoms with van der Waals surface area (Å²) in [6.45, 7) is 5.59. The van der Waals surface area contributed by atoms with Crippen LogP contribution >= 0.6 is 0 Å². The fraction of sp³-hybridized carbons (Fsp3) is 0.435. The predicted octanol–water partition coefficient (Wildman–Crippen LogP) is 2.49. The first-order valence-corrected chi connectivity index (χ1v) is 10.4. The maximum absolute atomic E-state index is 12.8. The SMILES string of the molecule is CN1CCN(c2ccc(NC(=O)Cc3c4c(cc5c3OCC5)OCC4)cc2)CC1. The molecule has 0 aliphatic carbocycles. The lowest BCUT2D eigenvalue weighted by Crippen LogP contribution is -2.44. The number of piperazine rings is 1. The number of ether oxygens (including phenoxy) is 2. The molecular formula is C23H27N3O3. The summed E-state index contributed by atoms with van der Waals surface area (Å²) in [6, 6.07) is 10.3. The number of amides is 1. The first-order chi connectivity index (χ1) is 14.2. The van der Waals surface area contributed by atoms with E-state index in [2.05, 4.69) is 40.4 Å². The molecule has 0 unspecified atom stereocenters.